The molecule has 0 radical (unpaired) electrons. The fourth-order valence-electron chi connectivity index (χ4n) is 2.74. The van der Waals surface area contributed by atoms with Crippen molar-refractivity contribution in [1.29, 1.82) is 0 Å². The van der Waals surface area contributed by atoms with Gasteiger partial charge in [0.2, 0.25) is 0 Å². The number of nitrogens with one attached hydrogen (secondary N) is 3. The van der Waals surface area contributed by atoms with Crippen molar-refractivity contribution in [3.05, 3.63) is 48.0 Å². The van der Waals surface area contributed by atoms with Crippen LogP contribution in [-0.4, -0.2) is 25.8 Å². The number of aryl methyl sites for hydroxylation is 3. The summed E-state index contributed by atoms with van der Waals surface area (Å²) >= 11 is 0. The average Bonchev–Trinajstić information content (AvgIpc) is 3.17. The number of hydrogen-bond acceptors (Lipinski definition) is 3. The fraction of sp³-hybridized carbons (Fsp3) is 0.278. The van der Waals surface area contributed by atoms with Crippen LogP contribution in [0.5, 0.6) is 0 Å². The molecular formula is C18H22N6O. The van der Waals surface area contributed by atoms with E-state index in [9.17, 15) is 4.79 Å². The van der Waals surface area contributed by atoms with Crippen molar-refractivity contribution in [2.75, 3.05) is 10.6 Å². The molecule has 7 heteroatoms. The monoisotopic (exact) mass is 338 g/mol. The van der Waals surface area contributed by atoms with Gasteiger partial charge in [0.25, 0.3) is 0 Å². The molecule has 0 atom stereocenters. The number of benzene rings is 1. The first kappa shape index (κ1) is 16.8. The first-order chi connectivity index (χ1) is 12.1. The Kier molecular flexibility index (Phi) is 4.83. The summed E-state index contributed by atoms with van der Waals surface area (Å²) in [7, 11) is 0. The van der Waals surface area contributed by atoms with E-state index in [1.54, 1.807) is 6.20 Å². The van der Waals surface area contributed by atoms with Gasteiger partial charge in [-0.2, -0.15) is 5.10 Å². The van der Waals surface area contributed by atoms with Crippen LogP contribution in [0, 0.1) is 13.8 Å². The Labute approximate surface area is 146 Å². The third kappa shape index (κ3) is 3.71. The van der Waals surface area contributed by atoms with Crippen LogP contribution in [0.3, 0.4) is 0 Å². The van der Waals surface area contributed by atoms with E-state index in [-0.39, 0.29) is 6.03 Å². The van der Waals surface area contributed by atoms with Crippen molar-refractivity contribution in [3.63, 3.8) is 0 Å². The van der Waals surface area contributed by atoms with Gasteiger partial charge >= 0.3 is 6.03 Å². The topological polar surface area (TPSA) is 87.6 Å². The van der Waals surface area contributed by atoms with Crippen molar-refractivity contribution in [2.24, 2.45) is 0 Å². The Morgan fingerprint density at radius 3 is 2.84 bits per heavy atom. The Morgan fingerprint density at radius 2 is 2.12 bits per heavy atom. The molecule has 2 heterocycles. The van der Waals surface area contributed by atoms with Gasteiger partial charge in [0.15, 0.2) is 0 Å². The standard InChI is InChI=1S/C18H22N6O/c1-4-9-24-10-8-19-17(24)14-6-5-7-15(11-14)20-18(25)21-16-12(2)22-23-13(16)3/h5-8,10-11H,4,9H2,1-3H3,(H,22,23)(H2,20,21,25). The number of H-pyrrole nitrogens is 1. The first-order valence-electron chi connectivity index (χ1n) is 8.29. The van der Waals surface area contributed by atoms with Crippen molar-refractivity contribution in [3.8, 4) is 11.4 Å². The molecule has 0 aliphatic rings. The molecule has 0 aliphatic heterocycles. The van der Waals surface area contributed by atoms with Gasteiger partial charge < -0.3 is 15.2 Å². The van der Waals surface area contributed by atoms with Crippen molar-refractivity contribution < 1.29 is 4.79 Å². The number of carbonyl (C=O) groups excluding carboxylic acids is 1. The minimum absolute atomic E-state index is 0.304. The quantitative estimate of drug-likeness (QED) is 0.658. The summed E-state index contributed by atoms with van der Waals surface area (Å²) in [6, 6.07) is 7.36. The average molecular weight is 338 g/mol. The van der Waals surface area contributed by atoms with E-state index in [0.29, 0.717) is 11.4 Å². The van der Waals surface area contributed by atoms with E-state index >= 15 is 0 Å². The number of nitrogens with zero attached hydrogens (tertiary/aromatic N) is 3. The van der Waals surface area contributed by atoms with E-state index in [1.165, 1.54) is 0 Å². The molecule has 3 aromatic rings. The van der Waals surface area contributed by atoms with Crippen LogP contribution in [0.15, 0.2) is 36.7 Å². The summed E-state index contributed by atoms with van der Waals surface area (Å²) in [4.78, 5) is 16.7. The lowest BCUT2D eigenvalue weighted by atomic mass is 10.2. The van der Waals surface area contributed by atoms with Crippen molar-refractivity contribution in [1.82, 2.24) is 19.7 Å². The highest BCUT2D eigenvalue weighted by Crippen LogP contribution is 2.22. The molecule has 3 N–H and O–H groups in total. The molecule has 1 aromatic carbocycles. The zero-order valence-electron chi connectivity index (χ0n) is 14.6. The Morgan fingerprint density at radius 1 is 1.28 bits per heavy atom. The zero-order chi connectivity index (χ0) is 17.8. The minimum Gasteiger partial charge on any atom is -0.331 e. The number of urea groups is 1. The number of aromatic nitrogens is 4. The summed E-state index contributed by atoms with van der Waals surface area (Å²) in [5.74, 6) is 0.896. The molecule has 0 spiro atoms. The van der Waals surface area contributed by atoms with Gasteiger partial charge in [-0.15, -0.1) is 0 Å². The summed E-state index contributed by atoms with van der Waals surface area (Å²) in [5.41, 5.74) is 3.95. The molecule has 0 bridgehead atoms. The molecule has 2 amide bonds. The maximum Gasteiger partial charge on any atom is 0.323 e. The van der Waals surface area contributed by atoms with Gasteiger partial charge in [0.05, 0.1) is 17.1 Å². The Bertz CT molecular complexity index is 860. The van der Waals surface area contributed by atoms with Crippen LogP contribution in [0.25, 0.3) is 11.4 Å². The zero-order valence-corrected chi connectivity index (χ0v) is 14.6. The molecule has 2 aromatic heterocycles. The van der Waals surface area contributed by atoms with Crippen LogP contribution in [0.2, 0.25) is 0 Å². The second kappa shape index (κ2) is 7.21. The van der Waals surface area contributed by atoms with Crippen LogP contribution >= 0.6 is 0 Å². The van der Waals surface area contributed by atoms with Gasteiger partial charge in [0, 0.05) is 30.2 Å². The van der Waals surface area contributed by atoms with Crippen LogP contribution in [0.1, 0.15) is 24.7 Å². The van der Waals surface area contributed by atoms with Gasteiger partial charge in [-0.3, -0.25) is 5.10 Å². The number of carbonyl (C=O) groups is 1. The summed E-state index contributed by atoms with van der Waals surface area (Å²) in [5, 5.41) is 12.6. The van der Waals surface area contributed by atoms with Crippen LogP contribution < -0.4 is 10.6 Å². The van der Waals surface area contributed by atoms with E-state index in [4.69, 9.17) is 0 Å². The molecule has 0 saturated carbocycles. The number of imidazole rings is 1. The number of amides is 2. The van der Waals surface area contributed by atoms with E-state index < -0.39 is 0 Å². The largest absolute Gasteiger partial charge is 0.331 e. The first-order valence-corrected chi connectivity index (χ1v) is 8.29. The molecular weight excluding hydrogens is 316 g/mol. The Hall–Kier alpha value is -3.09. The number of rotatable bonds is 5. The highest BCUT2D eigenvalue weighted by Gasteiger charge is 2.11. The molecule has 25 heavy (non-hydrogen) atoms. The number of aromatic amines is 1. The van der Waals surface area contributed by atoms with Gasteiger partial charge in [0.1, 0.15) is 5.82 Å². The second-order valence-electron chi connectivity index (χ2n) is 5.91. The highest BCUT2D eigenvalue weighted by molar-refractivity contribution is 6.00. The predicted molar refractivity (Wildman–Crippen MR) is 98.7 cm³/mol. The van der Waals surface area contributed by atoms with E-state index in [2.05, 4.69) is 37.3 Å². The highest BCUT2D eigenvalue weighted by atomic mass is 16.2. The normalized spacial score (nSPS) is 10.7. The minimum atomic E-state index is -0.304. The lowest BCUT2D eigenvalue weighted by Gasteiger charge is -2.10. The predicted octanol–water partition coefficient (Wildman–Crippen LogP) is 3.94. The van der Waals surface area contributed by atoms with E-state index in [1.807, 2.05) is 44.3 Å². The lowest BCUT2D eigenvalue weighted by Crippen LogP contribution is -2.20. The second-order valence-corrected chi connectivity index (χ2v) is 5.91. The maximum atomic E-state index is 12.3. The van der Waals surface area contributed by atoms with Crippen molar-refractivity contribution >= 4 is 17.4 Å². The van der Waals surface area contributed by atoms with Crippen molar-refractivity contribution in [2.45, 2.75) is 33.7 Å². The van der Waals surface area contributed by atoms with Gasteiger partial charge in [-0.05, 0) is 32.4 Å². The SMILES string of the molecule is CCCn1ccnc1-c1cccc(NC(=O)Nc2c(C)n[nH]c2C)c1. The molecule has 7 nitrogen and oxygen atoms in total. The molecule has 0 fully saturated rings. The molecule has 0 unspecified atom stereocenters. The molecule has 130 valence electrons. The number of anilines is 2. The van der Waals surface area contributed by atoms with E-state index in [0.717, 1.165) is 35.7 Å². The summed E-state index contributed by atoms with van der Waals surface area (Å²) in [6.07, 6.45) is 4.80. The molecule has 3 rings (SSSR count). The van der Waals surface area contributed by atoms with Gasteiger partial charge in [-0.25, -0.2) is 9.78 Å². The smallest absolute Gasteiger partial charge is 0.323 e. The fourth-order valence-corrected chi connectivity index (χ4v) is 2.74. The molecule has 0 saturated heterocycles. The lowest BCUT2D eigenvalue weighted by molar-refractivity contribution is 0.262. The van der Waals surface area contributed by atoms with Crippen LogP contribution in [0.4, 0.5) is 16.2 Å². The van der Waals surface area contributed by atoms with Gasteiger partial charge in [-0.1, -0.05) is 19.1 Å². The Balaban J connectivity index is 1.75. The molecule has 0 aliphatic carbocycles. The maximum absolute atomic E-state index is 12.3. The third-order valence-corrected chi connectivity index (χ3v) is 3.93. The van der Waals surface area contributed by atoms with Crippen LogP contribution in [-0.2, 0) is 6.54 Å². The number of hydrogen-bond donors (Lipinski definition) is 3. The third-order valence-electron chi connectivity index (χ3n) is 3.93. The summed E-state index contributed by atoms with van der Waals surface area (Å²) in [6.45, 7) is 6.75. The summed E-state index contributed by atoms with van der Waals surface area (Å²) < 4.78 is 2.11.